The lowest BCUT2D eigenvalue weighted by Crippen LogP contribution is -2.54. The van der Waals surface area contributed by atoms with Crippen molar-refractivity contribution in [3.05, 3.63) is 29.0 Å². The third-order valence-corrected chi connectivity index (χ3v) is 6.89. The lowest BCUT2D eigenvalue weighted by molar-refractivity contribution is -0.132. The van der Waals surface area contributed by atoms with Crippen molar-refractivity contribution >= 4 is 46.3 Å². The smallest absolute Gasteiger partial charge is 0.290 e. The van der Waals surface area contributed by atoms with E-state index in [-0.39, 0.29) is 18.2 Å². The molecule has 182 valence electrons. The fourth-order valence-electron chi connectivity index (χ4n) is 4.38. The van der Waals surface area contributed by atoms with E-state index in [1.165, 1.54) is 11.9 Å². The fraction of sp³-hybridized carbons (Fsp3) is 0.522. The van der Waals surface area contributed by atoms with Crippen molar-refractivity contribution < 1.29 is 19.2 Å². The summed E-state index contributed by atoms with van der Waals surface area (Å²) < 4.78 is 0. The van der Waals surface area contributed by atoms with Gasteiger partial charge in [0, 0.05) is 19.5 Å². The molecule has 1 saturated heterocycles. The summed E-state index contributed by atoms with van der Waals surface area (Å²) in [5, 5.41) is 5.89. The Labute approximate surface area is 202 Å². The molecule has 2 fully saturated rings. The maximum absolute atomic E-state index is 13.3. The summed E-state index contributed by atoms with van der Waals surface area (Å²) in [6.07, 6.45) is 3.98. The number of likely N-dealkylation sites (N-methyl/N-ethyl adjacent to an activating group) is 1. The van der Waals surface area contributed by atoms with E-state index in [1.54, 1.807) is 18.2 Å². The number of fused-ring (bicyclic) bond motifs is 1. The van der Waals surface area contributed by atoms with E-state index < -0.39 is 35.7 Å². The number of H-pyrrole nitrogens is 1. The monoisotopic (exact) mass is 488 g/mol. The molecular weight excluding hydrogens is 460 g/mol. The highest BCUT2D eigenvalue weighted by molar-refractivity contribution is 6.35. The van der Waals surface area contributed by atoms with Gasteiger partial charge in [0.05, 0.1) is 10.5 Å². The van der Waals surface area contributed by atoms with Crippen LogP contribution in [-0.2, 0) is 14.4 Å². The predicted molar refractivity (Wildman–Crippen MR) is 126 cm³/mol. The van der Waals surface area contributed by atoms with Gasteiger partial charge in [0.15, 0.2) is 5.82 Å². The van der Waals surface area contributed by atoms with Crippen LogP contribution in [0.15, 0.2) is 18.2 Å². The summed E-state index contributed by atoms with van der Waals surface area (Å²) in [6.45, 7) is 0.603. The average molecular weight is 489 g/mol. The highest BCUT2D eigenvalue weighted by atomic mass is 35.5. The number of nitrogens with one attached hydrogen (secondary N) is 3. The summed E-state index contributed by atoms with van der Waals surface area (Å²) in [7, 11) is 1.54. The molecule has 10 nitrogen and oxygen atoms in total. The van der Waals surface area contributed by atoms with Gasteiger partial charge in [0.1, 0.15) is 17.6 Å². The van der Waals surface area contributed by atoms with Gasteiger partial charge >= 0.3 is 0 Å². The second kappa shape index (κ2) is 10.0. The van der Waals surface area contributed by atoms with Crippen LogP contribution in [0.3, 0.4) is 0 Å². The Hall–Kier alpha value is -3.14. The van der Waals surface area contributed by atoms with Crippen LogP contribution >= 0.6 is 11.6 Å². The molecule has 4 amide bonds. The lowest BCUT2D eigenvalue weighted by Gasteiger charge is -2.30. The van der Waals surface area contributed by atoms with Crippen LogP contribution in [0, 0.1) is 11.8 Å². The highest BCUT2D eigenvalue weighted by Crippen LogP contribution is 2.35. The molecule has 1 aromatic carbocycles. The number of aromatic nitrogens is 2. The first-order valence-corrected chi connectivity index (χ1v) is 11.9. The number of nitrogens with two attached hydrogens (primary N) is 1. The Morgan fingerprint density at radius 2 is 2.03 bits per heavy atom. The molecule has 34 heavy (non-hydrogen) atoms. The molecule has 1 aliphatic heterocycles. The zero-order chi connectivity index (χ0) is 24.4. The summed E-state index contributed by atoms with van der Waals surface area (Å²) in [5.74, 6) is -1.79. The average Bonchev–Trinajstić information content (AvgIpc) is 3.52. The second-order valence-electron chi connectivity index (χ2n) is 9.16. The third-order valence-electron chi connectivity index (χ3n) is 6.59. The Morgan fingerprint density at radius 1 is 1.26 bits per heavy atom. The quantitative estimate of drug-likeness (QED) is 0.420. The van der Waals surface area contributed by atoms with Crippen molar-refractivity contribution in [2.75, 3.05) is 13.6 Å². The SMILES string of the molecule is CN(C(=O)c1nc2c(Cl)cccc2[nH]1)C(CC1CC1)C(=O)NC(C[C@@H]1CCCNC1=O)C(N)=O. The maximum Gasteiger partial charge on any atom is 0.290 e. The number of primary amides is 1. The number of hydrogen-bond donors (Lipinski definition) is 4. The number of hydrogen-bond acceptors (Lipinski definition) is 5. The molecular formula is C23H29ClN6O4. The molecule has 4 rings (SSSR count). The van der Waals surface area contributed by atoms with E-state index in [4.69, 9.17) is 17.3 Å². The molecule has 0 radical (unpaired) electrons. The molecule has 2 unspecified atom stereocenters. The van der Waals surface area contributed by atoms with Crippen molar-refractivity contribution in [2.45, 2.75) is 50.6 Å². The first-order chi connectivity index (χ1) is 16.2. The molecule has 5 N–H and O–H groups in total. The topological polar surface area (TPSA) is 150 Å². The van der Waals surface area contributed by atoms with Crippen LogP contribution in [0.5, 0.6) is 0 Å². The Kier molecular flexibility index (Phi) is 7.06. The second-order valence-corrected chi connectivity index (χ2v) is 9.57. The molecule has 11 heteroatoms. The molecule has 1 aliphatic carbocycles. The molecule has 2 aliphatic rings. The zero-order valence-electron chi connectivity index (χ0n) is 19.0. The molecule has 2 aromatic rings. The number of imidazole rings is 1. The lowest BCUT2D eigenvalue weighted by atomic mass is 9.91. The van der Waals surface area contributed by atoms with Crippen LogP contribution in [0.1, 0.15) is 49.1 Å². The van der Waals surface area contributed by atoms with E-state index in [0.717, 1.165) is 19.3 Å². The highest BCUT2D eigenvalue weighted by Gasteiger charge is 2.37. The number of para-hydroxylation sites is 1. The number of piperidine rings is 1. The standard InChI is InChI=1S/C23H29ClN6O4/c1-30(23(34)20-27-15-6-2-5-14(24)18(15)29-20)17(10-12-7-8-12)22(33)28-16(19(25)31)11-13-4-3-9-26-21(13)32/h2,5-6,12-13,16-17H,3-4,7-11H2,1H3,(H2,25,31)(H,26,32)(H,27,29)(H,28,33)/t13-,16?,17?/m0/s1. The van der Waals surface area contributed by atoms with Gasteiger partial charge in [0.25, 0.3) is 5.91 Å². The first-order valence-electron chi connectivity index (χ1n) is 11.5. The van der Waals surface area contributed by atoms with Gasteiger partial charge in [-0.05, 0) is 43.7 Å². The Balaban J connectivity index is 1.50. The number of nitrogens with zero attached hydrogens (tertiary/aromatic N) is 2. The fourth-order valence-corrected chi connectivity index (χ4v) is 4.59. The molecule has 2 heterocycles. The van der Waals surface area contributed by atoms with Gasteiger partial charge in [-0.2, -0.15) is 0 Å². The van der Waals surface area contributed by atoms with E-state index in [0.29, 0.717) is 41.4 Å². The number of benzene rings is 1. The molecule has 0 spiro atoms. The molecule has 1 saturated carbocycles. The van der Waals surface area contributed by atoms with Crippen LogP contribution in [0.4, 0.5) is 0 Å². The van der Waals surface area contributed by atoms with Crippen LogP contribution in [0.2, 0.25) is 5.02 Å². The first kappa shape index (κ1) is 24.0. The van der Waals surface area contributed by atoms with Gasteiger partial charge in [-0.15, -0.1) is 0 Å². The van der Waals surface area contributed by atoms with E-state index in [9.17, 15) is 19.2 Å². The minimum atomic E-state index is -1.00. The van der Waals surface area contributed by atoms with Gasteiger partial charge < -0.3 is 26.3 Å². The Morgan fingerprint density at radius 3 is 2.68 bits per heavy atom. The summed E-state index contributed by atoms with van der Waals surface area (Å²) in [4.78, 5) is 59.3. The largest absolute Gasteiger partial charge is 0.368 e. The zero-order valence-corrected chi connectivity index (χ0v) is 19.7. The van der Waals surface area contributed by atoms with Crippen molar-refractivity contribution in [3.63, 3.8) is 0 Å². The van der Waals surface area contributed by atoms with Gasteiger partial charge in [0.2, 0.25) is 17.7 Å². The number of carbonyl (C=O) groups is 4. The molecule has 1 aromatic heterocycles. The van der Waals surface area contributed by atoms with E-state index in [1.807, 2.05) is 0 Å². The maximum atomic E-state index is 13.3. The van der Waals surface area contributed by atoms with Crippen LogP contribution < -0.4 is 16.4 Å². The number of carbonyl (C=O) groups excluding carboxylic acids is 4. The van der Waals surface area contributed by atoms with E-state index in [2.05, 4.69) is 20.6 Å². The minimum absolute atomic E-state index is 0.0736. The minimum Gasteiger partial charge on any atom is -0.368 e. The number of amides is 4. The normalized spacial score (nSPS) is 19.8. The van der Waals surface area contributed by atoms with Crippen molar-refractivity contribution in [1.82, 2.24) is 25.5 Å². The van der Waals surface area contributed by atoms with Crippen LogP contribution in [0.25, 0.3) is 11.0 Å². The third kappa shape index (κ3) is 5.32. The summed E-state index contributed by atoms with van der Waals surface area (Å²) in [6, 6.07) is 3.38. The molecule has 0 bridgehead atoms. The molecule has 3 atom stereocenters. The van der Waals surface area contributed by atoms with Crippen LogP contribution in [-0.4, -0.2) is 64.2 Å². The van der Waals surface area contributed by atoms with Gasteiger partial charge in [-0.3, -0.25) is 19.2 Å². The number of halogens is 1. The summed E-state index contributed by atoms with van der Waals surface area (Å²) in [5.41, 5.74) is 6.65. The van der Waals surface area contributed by atoms with Gasteiger partial charge in [-0.25, -0.2) is 4.98 Å². The van der Waals surface area contributed by atoms with Crippen molar-refractivity contribution in [1.29, 1.82) is 0 Å². The number of rotatable bonds is 9. The number of aromatic amines is 1. The predicted octanol–water partition coefficient (Wildman–Crippen LogP) is 1.34. The summed E-state index contributed by atoms with van der Waals surface area (Å²) >= 11 is 6.18. The van der Waals surface area contributed by atoms with Crippen molar-refractivity contribution in [3.8, 4) is 0 Å². The van der Waals surface area contributed by atoms with Crippen molar-refractivity contribution in [2.24, 2.45) is 17.6 Å². The Bertz CT molecular complexity index is 1110. The van der Waals surface area contributed by atoms with Gasteiger partial charge in [-0.1, -0.05) is 30.5 Å². The van der Waals surface area contributed by atoms with E-state index >= 15 is 0 Å².